The second kappa shape index (κ2) is 11.4. The van der Waals surface area contributed by atoms with Gasteiger partial charge < -0.3 is 25.1 Å². The summed E-state index contributed by atoms with van der Waals surface area (Å²) >= 11 is 0. The summed E-state index contributed by atoms with van der Waals surface area (Å²) in [7, 11) is 0. The molecule has 3 rings (SSSR count). The molecule has 7 nitrogen and oxygen atoms in total. The van der Waals surface area contributed by atoms with Crippen LogP contribution >= 0.6 is 12.4 Å². The molecule has 0 saturated carbocycles. The number of benzene rings is 1. The SMILES string of the molecule is Cl.O=C(COc1cccc(NC(=O)c2ccco2)c1)NCCC1CCCNC1. The van der Waals surface area contributed by atoms with Gasteiger partial charge in [0.1, 0.15) is 5.75 Å². The number of carbonyl (C=O) groups is 2. The third kappa shape index (κ3) is 6.90. The zero-order valence-electron chi connectivity index (χ0n) is 15.6. The van der Waals surface area contributed by atoms with Crippen LogP contribution < -0.4 is 20.7 Å². The molecule has 0 aliphatic carbocycles. The minimum Gasteiger partial charge on any atom is -0.484 e. The minimum atomic E-state index is -0.341. The fourth-order valence-corrected chi connectivity index (χ4v) is 3.05. The van der Waals surface area contributed by atoms with Crippen molar-refractivity contribution in [2.45, 2.75) is 19.3 Å². The third-order valence-corrected chi connectivity index (χ3v) is 4.48. The van der Waals surface area contributed by atoms with E-state index in [9.17, 15) is 9.59 Å². The first-order valence-corrected chi connectivity index (χ1v) is 9.26. The highest BCUT2D eigenvalue weighted by atomic mass is 35.5. The number of anilines is 1. The van der Waals surface area contributed by atoms with Crippen LogP contribution in [0.25, 0.3) is 0 Å². The van der Waals surface area contributed by atoms with Gasteiger partial charge in [-0.15, -0.1) is 12.4 Å². The van der Waals surface area contributed by atoms with E-state index in [0.717, 1.165) is 19.5 Å². The maximum atomic E-state index is 12.0. The van der Waals surface area contributed by atoms with Gasteiger partial charge in [0.05, 0.1) is 6.26 Å². The van der Waals surface area contributed by atoms with E-state index in [1.54, 1.807) is 36.4 Å². The Bertz CT molecular complexity index is 746. The maximum Gasteiger partial charge on any atom is 0.291 e. The molecule has 0 radical (unpaired) electrons. The Labute approximate surface area is 170 Å². The molecule has 1 aromatic heterocycles. The zero-order valence-corrected chi connectivity index (χ0v) is 16.4. The van der Waals surface area contributed by atoms with Crippen molar-refractivity contribution in [2.75, 3.05) is 31.6 Å². The third-order valence-electron chi connectivity index (χ3n) is 4.48. The molecular weight excluding hydrogens is 382 g/mol. The van der Waals surface area contributed by atoms with Crippen LogP contribution in [0.5, 0.6) is 5.75 Å². The van der Waals surface area contributed by atoms with Crippen LogP contribution in [0.1, 0.15) is 29.8 Å². The van der Waals surface area contributed by atoms with Gasteiger partial charge in [0.2, 0.25) is 0 Å². The van der Waals surface area contributed by atoms with Gasteiger partial charge in [0, 0.05) is 18.3 Å². The normalized spacial score (nSPS) is 15.9. The summed E-state index contributed by atoms with van der Waals surface area (Å²) in [6.45, 7) is 2.73. The number of amides is 2. The molecule has 0 spiro atoms. The quantitative estimate of drug-likeness (QED) is 0.625. The van der Waals surface area contributed by atoms with E-state index in [1.165, 1.54) is 19.1 Å². The number of ether oxygens (including phenoxy) is 1. The van der Waals surface area contributed by atoms with E-state index in [0.29, 0.717) is 23.9 Å². The lowest BCUT2D eigenvalue weighted by Crippen LogP contribution is -2.34. The lowest BCUT2D eigenvalue weighted by molar-refractivity contribution is -0.123. The second-order valence-electron chi connectivity index (χ2n) is 6.60. The number of piperidine rings is 1. The molecule has 1 aliphatic rings. The molecule has 3 N–H and O–H groups in total. The highest BCUT2D eigenvalue weighted by Crippen LogP contribution is 2.18. The number of carbonyl (C=O) groups excluding carboxylic acids is 2. The molecule has 1 atom stereocenters. The Balaban J connectivity index is 0.00000280. The number of rotatable bonds is 8. The van der Waals surface area contributed by atoms with Crippen LogP contribution in [0, 0.1) is 5.92 Å². The van der Waals surface area contributed by atoms with Crippen molar-refractivity contribution in [1.29, 1.82) is 0 Å². The average Bonchev–Trinajstić information content (AvgIpc) is 3.23. The first-order chi connectivity index (χ1) is 13.2. The van der Waals surface area contributed by atoms with Crippen LogP contribution in [0.3, 0.4) is 0 Å². The summed E-state index contributed by atoms with van der Waals surface area (Å²) in [5, 5.41) is 8.99. The van der Waals surface area contributed by atoms with E-state index in [2.05, 4.69) is 16.0 Å². The number of furan rings is 1. The topological polar surface area (TPSA) is 92.6 Å². The molecule has 2 heterocycles. The Morgan fingerprint density at radius 3 is 2.89 bits per heavy atom. The molecule has 8 heteroatoms. The average molecular weight is 408 g/mol. The molecule has 0 bridgehead atoms. The molecule has 1 aromatic carbocycles. The van der Waals surface area contributed by atoms with Crippen LogP contribution in [-0.2, 0) is 4.79 Å². The predicted octanol–water partition coefficient (Wildman–Crippen LogP) is 2.84. The Morgan fingerprint density at radius 2 is 2.14 bits per heavy atom. The summed E-state index contributed by atoms with van der Waals surface area (Å²) in [4.78, 5) is 23.9. The Morgan fingerprint density at radius 1 is 1.25 bits per heavy atom. The smallest absolute Gasteiger partial charge is 0.291 e. The summed E-state index contributed by atoms with van der Waals surface area (Å²) in [6, 6.07) is 10.1. The minimum absolute atomic E-state index is 0. The molecular formula is C20H26ClN3O4. The van der Waals surface area contributed by atoms with Gasteiger partial charge in [-0.3, -0.25) is 9.59 Å². The van der Waals surface area contributed by atoms with E-state index in [1.807, 2.05) is 0 Å². The van der Waals surface area contributed by atoms with Crippen LogP contribution in [0.4, 0.5) is 5.69 Å². The first kappa shape index (κ1) is 21.8. The molecule has 1 saturated heterocycles. The highest BCUT2D eigenvalue weighted by molar-refractivity contribution is 6.02. The highest BCUT2D eigenvalue weighted by Gasteiger charge is 2.13. The van der Waals surface area contributed by atoms with E-state index < -0.39 is 0 Å². The van der Waals surface area contributed by atoms with E-state index in [-0.39, 0.29) is 36.6 Å². The van der Waals surface area contributed by atoms with Gasteiger partial charge in [-0.05, 0) is 62.5 Å². The van der Waals surface area contributed by atoms with Crippen molar-refractivity contribution in [2.24, 2.45) is 5.92 Å². The van der Waals surface area contributed by atoms with Crippen molar-refractivity contribution >= 4 is 29.9 Å². The first-order valence-electron chi connectivity index (χ1n) is 9.26. The molecule has 2 aromatic rings. The lowest BCUT2D eigenvalue weighted by atomic mass is 9.96. The molecule has 2 amide bonds. The molecule has 1 fully saturated rings. The van der Waals surface area contributed by atoms with Crippen molar-refractivity contribution in [3.63, 3.8) is 0 Å². The van der Waals surface area contributed by atoms with Gasteiger partial charge in [0.15, 0.2) is 12.4 Å². The van der Waals surface area contributed by atoms with Crippen LogP contribution in [-0.4, -0.2) is 38.1 Å². The molecule has 1 aliphatic heterocycles. The van der Waals surface area contributed by atoms with E-state index in [4.69, 9.17) is 9.15 Å². The summed E-state index contributed by atoms with van der Waals surface area (Å²) < 4.78 is 10.6. The maximum absolute atomic E-state index is 12.0. The molecule has 1 unspecified atom stereocenters. The Kier molecular flexibility index (Phi) is 8.84. The number of hydrogen-bond donors (Lipinski definition) is 3. The van der Waals surface area contributed by atoms with Crippen molar-refractivity contribution in [1.82, 2.24) is 10.6 Å². The fourth-order valence-electron chi connectivity index (χ4n) is 3.05. The largest absolute Gasteiger partial charge is 0.484 e. The predicted molar refractivity (Wildman–Crippen MR) is 109 cm³/mol. The van der Waals surface area contributed by atoms with Crippen molar-refractivity contribution < 1.29 is 18.7 Å². The Hall–Kier alpha value is -2.51. The summed E-state index contributed by atoms with van der Waals surface area (Å²) in [5.74, 6) is 0.887. The van der Waals surface area contributed by atoms with E-state index >= 15 is 0 Å². The van der Waals surface area contributed by atoms with Crippen molar-refractivity contribution in [3.8, 4) is 5.75 Å². The number of halogens is 1. The molecule has 28 heavy (non-hydrogen) atoms. The summed E-state index contributed by atoms with van der Waals surface area (Å²) in [5.41, 5.74) is 0.569. The van der Waals surface area contributed by atoms with Crippen LogP contribution in [0.2, 0.25) is 0 Å². The second-order valence-corrected chi connectivity index (χ2v) is 6.60. The number of nitrogens with one attached hydrogen (secondary N) is 3. The van der Waals surface area contributed by atoms with Crippen molar-refractivity contribution in [3.05, 3.63) is 48.4 Å². The van der Waals surface area contributed by atoms with Gasteiger partial charge in [0.25, 0.3) is 11.8 Å². The van der Waals surface area contributed by atoms with Gasteiger partial charge in [-0.1, -0.05) is 6.07 Å². The van der Waals surface area contributed by atoms with Gasteiger partial charge in [-0.2, -0.15) is 0 Å². The standard InChI is InChI=1S/C20H25N3O4.ClH/c24-19(22-10-8-15-4-2-9-21-13-15)14-27-17-6-1-5-16(12-17)23-20(25)18-7-3-11-26-18;/h1,3,5-7,11-12,15,21H,2,4,8-10,13-14H2,(H,22,24)(H,23,25);1H. The zero-order chi connectivity index (χ0) is 18.9. The van der Waals surface area contributed by atoms with Gasteiger partial charge in [-0.25, -0.2) is 0 Å². The fraction of sp³-hybridized carbons (Fsp3) is 0.400. The van der Waals surface area contributed by atoms with Crippen LogP contribution in [0.15, 0.2) is 47.1 Å². The van der Waals surface area contributed by atoms with Gasteiger partial charge >= 0.3 is 0 Å². The summed E-state index contributed by atoms with van der Waals surface area (Å²) in [6.07, 6.45) is 4.84. The monoisotopic (exact) mass is 407 g/mol. The lowest BCUT2D eigenvalue weighted by Gasteiger charge is -2.22. The number of hydrogen-bond acceptors (Lipinski definition) is 5. The molecule has 152 valence electrons.